The molecule has 0 radical (unpaired) electrons. The molecule has 1 aromatic rings. The number of aromatic nitrogens is 2. The predicted molar refractivity (Wildman–Crippen MR) is 55.8 cm³/mol. The van der Waals surface area contributed by atoms with Gasteiger partial charge in [-0.15, -0.1) is 0 Å². The Morgan fingerprint density at radius 1 is 1.56 bits per heavy atom. The first-order valence-corrected chi connectivity index (χ1v) is 6.14. The topological polar surface area (TPSA) is 139 Å². The Morgan fingerprint density at radius 3 is 2.81 bits per heavy atom. The van der Waals surface area contributed by atoms with Crippen LogP contribution in [0, 0.1) is 0 Å². The number of nitrogens with one attached hydrogen (secondary N) is 1. The average molecular weight is 249 g/mol. The van der Waals surface area contributed by atoms with E-state index in [2.05, 4.69) is 9.97 Å². The molecule has 1 aromatic heterocycles. The molecule has 9 heteroatoms. The van der Waals surface area contributed by atoms with E-state index in [9.17, 15) is 9.36 Å². The summed E-state index contributed by atoms with van der Waals surface area (Å²) in [5, 5.41) is 0. The maximum atomic E-state index is 11.0. The Bertz CT molecular complexity index is 454. The van der Waals surface area contributed by atoms with Crippen molar-refractivity contribution in [3.63, 3.8) is 0 Å². The van der Waals surface area contributed by atoms with Crippen LogP contribution in [0.5, 0.6) is 0 Å². The molecule has 0 spiro atoms. The molecule has 8 nitrogen and oxygen atoms in total. The average Bonchev–Trinajstić information content (AvgIpc) is 2.09. The molecule has 1 rings (SSSR count). The van der Waals surface area contributed by atoms with Gasteiger partial charge in [-0.1, -0.05) is 0 Å². The van der Waals surface area contributed by atoms with Crippen LogP contribution in [0.25, 0.3) is 0 Å². The molecule has 0 aromatic carbocycles. The third-order valence-electron chi connectivity index (χ3n) is 1.58. The Hall–Kier alpha value is -1.21. The number of hydrogen-bond donors (Lipinski definition) is 4. The van der Waals surface area contributed by atoms with Gasteiger partial charge in [0, 0.05) is 12.5 Å². The molecule has 90 valence electrons. The number of nitrogens with zero attached hydrogens (tertiary/aromatic N) is 1. The maximum absolute atomic E-state index is 11.0. The highest BCUT2D eigenvalue weighted by atomic mass is 31.2. The summed E-state index contributed by atoms with van der Waals surface area (Å²) in [4.78, 5) is 34.0. The first-order chi connectivity index (χ1) is 7.37. The number of rotatable bonds is 5. The summed E-state index contributed by atoms with van der Waals surface area (Å²) < 4.78 is 15.2. The number of H-pyrrole nitrogens is 1. The van der Waals surface area contributed by atoms with Crippen LogP contribution >= 0.6 is 7.60 Å². The molecule has 16 heavy (non-hydrogen) atoms. The number of nitrogens with two attached hydrogens (primary N) is 1. The van der Waals surface area contributed by atoms with Crippen molar-refractivity contribution < 1.29 is 19.1 Å². The molecule has 5 N–H and O–H groups in total. The van der Waals surface area contributed by atoms with Crippen molar-refractivity contribution in [3.8, 4) is 0 Å². The van der Waals surface area contributed by atoms with Crippen molar-refractivity contribution >= 4 is 13.5 Å². The zero-order valence-corrected chi connectivity index (χ0v) is 9.18. The van der Waals surface area contributed by atoms with Crippen LogP contribution in [0.15, 0.2) is 10.9 Å². The van der Waals surface area contributed by atoms with Gasteiger partial charge in [0.2, 0.25) is 5.95 Å². The summed E-state index contributed by atoms with van der Waals surface area (Å²) in [6.45, 7) is 0.0566. The molecular weight excluding hydrogens is 237 g/mol. The molecule has 0 aliphatic heterocycles. The predicted octanol–water partition coefficient (Wildman–Crippen LogP) is -0.954. The Balaban J connectivity index is 2.43. The fourth-order valence-corrected chi connectivity index (χ4v) is 1.38. The first kappa shape index (κ1) is 12.9. The minimum atomic E-state index is -4.14. The van der Waals surface area contributed by atoms with Gasteiger partial charge in [-0.25, -0.2) is 4.98 Å². The molecule has 0 saturated heterocycles. The van der Waals surface area contributed by atoms with E-state index in [1.54, 1.807) is 0 Å². The quantitative estimate of drug-likeness (QED) is 0.389. The van der Waals surface area contributed by atoms with Gasteiger partial charge >= 0.3 is 7.60 Å². The third kappa shape index (κ3) is 5.04. The van der Waals surface area contributed by atoms with Gasteiger partial charge in [0.15, 0.2) is 0 Å². The lowest BCUT2D eigenvalue weighted by atomic mass is 10.3. The molecule has 0 unspecified atom stereocenters. The van der Waals surface area contributed by atoms with Gasteiger partial charge in [0.25, 0.3) is 5.56 Å². The number of aromatic amines is 1. The summed E-state index contributed by atoms with van der Waals surface area (Å²) in [5.74, 6) is -0.00233. The van der Waals surface area contributed by atoms with Crippen molar-refractivity contribution in [1.29, 1.82) is 0 Å². The molecule has 0 aliphatic carbocycles. The third-order valence-corrected chi connectivity index (χ3v) is 2.09. The number of hydrogen-bond acceptors (Lipinski definition) is 5. The van der Waals surface area contributed by atoms with Crippen molar-refractivity contribution in [1.82, 2.24) is 9.97 Å². The maximum Gasteiger partial charge on any atom is 0.350 e. The molecule has 0 aliphatic rings. The highest BCUT2D eigenvalue weighted by molar-refractivity contribution is 7.51. The van der Waals surface area contributed by atoms with E-state index < -0.39 is 13.9 Å². The van der Waals surface area contributed by atoms with Gasteiger partial charge in [0.05, 0.1) is 12.3 Å². The molecule has 0 amide bonds. The lowest BCUT2D eigenvalue weighted by Crippen LogP contribution is -2.13. The van der Waals surface area contributed by atoms with Crippen LogP contribution in [0.2, 0.25) is 0 Å². The van der Waals surface area contributed by atoms with Gasteiger partial charge in [0.1, 0.15) is 6.35 Å². The van der Waals surface area contributed by atoms with E-state index in [1.165, 1.54) is 6.07 Å². The molecule has 0 atom stereocenters. The highest BCUT2D eigenvalue weighted by Crippen LogP contribution is 2.33. The highest BCUT2D eigenvalue weighted by Gasteiger charge is 2.12. The van der Waals surface area contributed by atoms with Crippen LogP contribution in [0.3, 0.4) is 0 Å². The van der Waals surface area contributed by atoms with E-state index in [0.29, 0.717) is 5.69 Å². The lowest BCUT2D eigenvalue weighted by Gasteiger charge is -2.05. The van der Waals surface area contributed by atoms with Gasteiger partial charge in [-0.2, -0.15) is 0 Å². The Kier molecular flexibility index (Phi) is 4.19. The van der Waals surface area contributed by atoms with E-state index in [-0.39, 0.29) is 24.5 Å². The standard InChI is InChI=1S/C7H12N3O5P/c8-7-9-5(3-6(11)10-7)1-2-15-4-16(12,13)14/h3H,1-2,4H2,(H2,12,13,14)(H3,8,9,10,11). The smallest absolute Gasteiger partial charge is 0.350 e. The minimum Gasteiger partial charge on any atom is -0.369 e. The lowest BCUT2D eigenvalue weighted by molar-refractivity contribution is 0.159. The van der Waals surface area contributed by atoms with Gasteiger partial charge < -0.3 is 20.3 Å². The number of anilines is 1. The Labute approximate surface area is 90.6 Å². The molecule has 0 saturated carbocycles. The number of nitrogen functional groups attached to an aromatic ring is 1. The second-order valence-electron chi connectivity index (χ2n) is 3.07. The molecule has 0 bridgehead atoms. The second-order valence-corrected chi connectivity index (χ2v) is 4.66. The number of ether oxygens (including phenoxy) is 1. The van der Waals surface area contributed by atoms with E-state index in [1.807, 2.05) is 0 Å². The summed E-state index contributed by atoms with van der Waals surface area (Å²) >= 11 is 0. The zero-order valence-electron chi connectivity index (χ0n) is 8.29. The summed E-state index contributed by atoms with van der Waals surface area (Å²) in [5.41, 5.74) is 5.33. The fourth-order valence-electron chi connectivity index (χ4n) is 1.02. The first-order valence-electron chi connectivity index (χ1n) is 4.35. The summed E-state index contributed by atoms with van der Waals surface area (Å²) in [6, 6.07) is 1.25. The van der Waals surface area contributed by atoms with Crippen molar-refractivity contribution in [3.05, 3.63) is 22.1 Å². The second kappa shape index (κ2) is 5.22. The van der Waals surface area contributed by atoms with Crippen LogP contribution in [-0.2, 0) is 15.7 Å². The largest absolute Gasteiger partial charge is 0.369 e. The SMILES string of the molecule is Nc1nc(CCOCP(=O)(O)O)cc(=O)[nH]1. The van der Waals surface area contributed by atoms with Gasteiger partial charge in [-0.3, -0.25) is 14.3 Å². The Morgan fingerprint density at radius 2 is 2.25 bits per heavy atom. The van der Waals surface area contributed by atoms with Crippen LogP contribution < -0.4 is 11.3 Å². The van der Waals surface area contributed by atoms with E-state index in [0.717, 1.165) is 0 Å². The van der Waals surface area contributed by atoms with Crippen molar-refractivity contribution in [2.45, 2.75) is 6.42 Å². The molecule has 1 heterocycles. The summed E-state index contributed by atoms with van der Waals surface area (Å²) in [6.07, 6.45) is -0.389. The minimum absolute atomic E-state index is 0.00233. The van der Waals surface area contributed by atoms with E-state index >= 15 is 0 Å². The van der Waals surface area contributed by atoms with Crippen molar-refractivity contribution in [2.24, 2.45) is 0 Å². The fraction of sp³-hybridized carbons (Fsp3) is 0.429. The van der Waals surface area contributed by atoms with Crippen molar-refractivity contribution in [2.75, 3.05) is 18.7 Å². The monoisotopic (exact) mass is 249 g/mol. The summed E-state index contributed by atoms with van der Waals surface area (Å²) in [7, 11) is -4.14. The van der Waals surface area contributed by atoms with Crippen LogP contribution in [0.4, 0.5) is 5.95 Å². The zero-order chi connectivity index (χ0) is 12.2. The molecule has 0 fully saturated rings. The van der Waals surface area contributed by atoms with E-state index in [4.69, 9.17) is 20.3 Å². The normalized spacial score (nSPS) is 11.6. The van der Waals surface area contributed by atoms with Gasteiger partial charge in [-0.05, 0) is 0 Å². The molecular formula is C7H12N3O5P. The van der Waals surface area contributed by atoms with Crippen LogP contribution in [0.1, 0.15) is 5.69 Å². The van der Waals surface area contributed by atoms with Crippen LogP contribution in [-0.4, -0.2) is 32.7 Å².